The van der Waals surface area contributed by atoms with Gasteiger partial charge in [0, 0.05) is 27.9 Å². The van der Waals surface area contributed by atoms with Gasteiger partial charge in [-0.25, -0.2) is 4.79 Å². The van der Waals surface area contributed by atoms with Crippen molar-refractivity contribution in [3.05, 3.63) is 53.1 Å². The number of anilines is 1. The highest BCUT2D eigenvalue weighted by atomic mass is 32.2. The summed E-state index contributed by atoms with van der Waals surface area (Å²) in [4.78, 5) is 14.8. The lowest BCUT2D eigenvalue weighted by Crippen LogP contribution is -2.35. The molecule has 136 valence electrons. The predicted octanol–water partition coefficient (Wildman–Crippen LogP) is 4.08. The first-order chi connectivity index (χ1) is 12.7. The van der Waals surface area contributed by atoms with Gasteiger partial charge in [0.15, 0.2) is 0 Å². The van der Waals surface area contributed by atoms with E-state index in [2.05, 4.69) is 34.9 Å². The number of esters is 1. The molecule has 0 amide bonds. The lowest BCUT2D eigenvalue weighted by molar-refractivity contribution is 0.0526. The van der Waals surface area contributed by atoms with Gasteiger partial charge in [-0.2, -0.15) is 0 Å². The second-order valence-corrected chi connectivity index (χ2v) is 7.86. The van der Waals surface area contributed by atoms with Gasteiger partial charge in [-0.05, 0) is 62.2 Å². The average molecular weight is 369 g/mol. The molecule has 2 N–H and O–H groups in total. The lowest BCUT2D eigenvalue weighted by atomic mass is 9.98. The average Bonchev–Trinajstić information content (AvgIpc) is 2.67. The van der Waals surface area contributed by atoms with E-state index in [-0.39, 0.29) is 5.97 Å². The second kappa shape index (κ2) is 7.72. The number of carbonyl (C=O) groups is 1. The van der Waals surface area contributed by atoms with E-state index in [0.29, 0.717) is 18.2 Å². The summed E-state index contributed by atoms with van der Waals surface area (Å²) in [6, 6.07) is 12.9. The Morgan fingerprint density at radius 1 is 1.23 bits per heavy atom. The third-order valence-corrected chi connectivity index (χ3v) is 6.18. The molecule has 26 heavy (non-hydrogen) atoms. The summed E-state index contributed by atoms with van der Waals surface area (Å²) in [5, 5.41) is 7.12. The van der Waals surface area contributed by atoms with Crippen LogP contribution in [-0.4, -0.2) is 31.7 Å². The summed E-state index contributed by atoms with van der Waals surface area (Å²) in [6.07, 6.45) is 3.10. The Balaban J connectivity index is 1.71. The number of benzene rings is 2. The molecule has 2 aromatic rings. The first kappa shape index (κ1) is 17.4. The fraction of sp³-hybridized carbons (Fsp3) is 0.381. The van der Waals surface area contributed by atoms with E-state index < -0.39 is 0 Å². The Hall–Kier alpha value is -1.98. The minimum Gasteiger partial charge on any atom is -0.462 e. The predicted molar refractivity (Wildman–Crippen MR) is 105 cm³/mol. The fourth-order valence-electron chi connectivity index (χ4n) is 3.62. The molecule has 2 aromatic carbocycles. The van der Waals surface area contributed by atoms with Crippen molar-refractivity contribution in [3.63, 3.8) is 0 Å². The van der Waals surface area contributed by atoms with E-state index in [1.165, 1.54) is 16.0 Å². The molecular formula is C21H24N2O2S. The van der Waals surface area contributed by atoms with Crippen LogP contribution in [0.4, 0.5) is 5.69 Å². The maximum absolute atomic E-state index is 12.4. The van der Waals surface area contributed by atoms with Gasteiger partial charge in [0.2, 0.25) is 0 Å². The van der Waals surface area contributed by atoms with Crippen LogP contribution in [0.2, 0.25) is 0 Å². The summed E-state index contributed by atoms with van der Waals surface area (Å²) in [7, 11) is 0. The molecule has 0 saturated carbocycles. The molecule has 2 heterocycles. The van der Waals surface area contributed by atoms with Crippen molar-refractivity contribution >= 4 is 23.4 Å². The monoisotopic (exact) mass is 368 g/mol. The Morgan fingerprint density at radius 2 is 2.04 bits per heavy atom. The molecule has 2 aliphatic rings. The van der Waals surface area contributed by atoms with E-state index in [1.54, 1.807) is 11.8 Å². The second-order valence-electron chi connectivity index (χ2n) is 6.78. The SMILES string of the molecule is CCOC(=O)c1cc(NC2CCNCC2)c2c(c1)Sc1ccccc1C2. The van der Waals surface area contributed by atoms with Gasteiger partial charge in [-0.15, -0.1) is 0 Å². The molecule has 0 spiro atoms. The van der Waals surface area contributed by atoms with Crippen molar-refractivity contribution in [3.8, 4) is 0 Å². The molecule has 1 saturated heterocycles. The zero-order chi connectivity index (χ0) is 17.9. The zero-order valence-corrected chi connectivity index (χ0v) is 15.8. The zero-order valence-electron chi connectivity index (χ0n) is 15.0. The highest BCUT2D eigenvalue weighted by Crippen LogP contribution is 2.43. The Bertz CT molecular complexity index is 816. The van der Waals surface area contributed by atoms with Crippen LogP contribution in [0.25, 0.3) is 0 Å². The van der Waals surface area contributed by atoms with E-state index >= 15 is 0 Å². The van der Waals surface area contributed by atoms with Crippen LogP contribution in [-0.2, 0) is 11.2 Å². The van der Waals surface area contributed by atoms with Crippen molar-refractivity contribution in [2.24, 2.45) is 0 Å². The standard InChI is InChI=1S/C21H24N2O2S/c1-2-25-21(24)15-12-18(23-16-7-9-22-10-8-16)17-11-14-5-3-4-6-19(14)26-20(17)13-15/h3-6,12-13,16,22-23H,2,7-11H2,1H3. The molecule has 1 fully saturated rings. The summed E-state index contributed by atoms with van der Waals surface area (Å²) < 4.78 is 5.25. The fourth-order valence-corrected chi connectivity index (χ4v) is 4.77. The van der Waals surface area contributed by atoms with Crippen LogP contribution in [0.1, 0.15) is 41.3 Å². The summed E-state index contributed by atoms with van der Waals surface area (Å²) >= 11 is 1.75. The number of rotatable bonds is 4. The molecule has 4 rings (SSSR count). The van der Waals surface area contributed by atoms with E-state index in [1.807, 2.05) is 19.1 Å². The van der Waals surface area contributed by atoms with Gasteiger partial charge in [0.1, 0.15) is 0 Å². The first-order valence-corrected chi connectivity index (χ1v) is 10.1. The number of nitrogens with one attached hydrogen (secondary N) is 2. The van der Waals surface area contributed by atoms with Crippen molar-refractivity contribution in [2.75, 3.05) is 25.0 Å². The number of ether oxygens (including phenoxy) is 1. The van der Waals surface area contributed by atoms with Gasteiger partial charge in [-0.1, -0.05) is 30.0 Å². The van der Waals surface area contributed by atoms with Crippen molar-refractivity contribution in [1.29, 1.82) is 0 Å². The quantitative estimate of drug-likeness (QED) is 0.680. The van der Waals surface area contributed by atoms with Gasteiger partial charge in [0.25, 0.3) is 0 Å². The van der Waals surface area contributed by atoms with E-state index in [9.17, 15) is 4.79 Å². The van der Waals surface area contributed by atoms with Gasteiger partial charge in [-0.3, -0.25) is 0 Å². The molecule has 0 aliphatic carbocycles. The van der Waals surface area contributed by atoms with Crippen molar-refractivity contribution < 1.29 is 9.53 Å². The van der Waals surface area contributed by atoms with Crippen LogP contribution < -0.4 is 10.6 Å². The third-order valence-electron chi connectivity index (χ3n) is 4.98. The Labute approximate surface area is 158 Å². The van der Waals surface area contributed by atoms with E-state index in [4.69, 9.17) is 4.74 Å². The van der Waals surface area contributed by atoms with Crippen LogP contribution in [0.15, 0.2) is 46.2 Å². The smallest absolute Gasteiger partial charge is 0.338 e. The molecule has 5 heteroatoms. The molecule has 0 radical (unpaired) electrons. The number of piperidine rings is 1. The maximum Gasteiger partial charge on any atom is 0.338 e. The lowest BCUT2D eigenvalue weighted by Gasteiger charge is -2.28. The molecule has 0 bridgehead atoms. The molecule has 0 aromatic heterocycles. The minimum atomic E-state index is -0.247. The highest BCUT2D eigenvalue weighted by molar-refractivity contribution is 7.99. The summed E-state index contributed by atoms with van der Waals surface area (Å²) in [5.74, 6) is -0.247. The van der Waals surface area contributed by atoms with Crippen LogP contribution in [0.3, 0.4) is 0 Å². The minimum absolute atomic E-state index is 0.247. The highest BCUT2D eigenvalue weighted by Gasteiger charge is 2.23. The molecular weight excluding hydrogens is 344 g/mol. The van der Waals surface area contributed by atoms with Crippen LogP contribution in [0.5, 0.6) is 0 Å². The Morgan fingerprint density at radius 3 is 2.85 bits per heavy atom. The molecule has 4 nitrogen and oxygen atoms in total. The Kier molecular flexibility index (Phi) is 5.18. The number of carbonyl (C=O) groups excluding carboxylic acids is 1. The molecule has 0 atom stereocenters. The van der Waals surface area contributed by atoms with Crippen LogP contribution >= 0.6 is 11.8 Å². The molecule has 0 unspecified atom stereocenters. The van der Waals surface area contributed by atoms with Crippen molar-refractivity contribution in [2.45, 2.75) is 42.0 Å². The van der Waals surface area contributed by atoms with Crippen molar-refractivity contribution in [1.82, 2.24) is 5.32 Å². The summed E-state index contributed by atoms with van der Waals surface area (Å²) in [5.41, 5.74) is 4.36. The maximum atomic E-state index is 12.4. The first-order valence-electron chi connectivity index (χ1n) is 9.31. The van der Waals surface area contributed by atoms with E-state index in [0.717, 1.165) is 42.9 Å². The number of hydrogen-bond acceptors (Lipinski definition) is 5. The normalized spacial score (nSPS) is 16.5. The topological polar surface area (TPSA) is 50.4 Å². The molecule has 2 aliphatic heterocycles. The number of fused-ring (bicyclic) bond motifs is 2. The van der Waals surface area contributed by atoms with Gasteiger partial charge in [0.05, 0.1) is 12.2 Å². The number of hydrogen-bond donors (Lipinski definition) is 2. The van der Waals surface area contributed by atoms with Gasteiger partial charge < -0.3 is 15.4 Å². The van der Waals surface area contributed by atoms with Gasteiger partial charge >= 0.3 is 5.97 Å². The van der Waals surface area contributed by atoms with Crippen LogP contribution in [0, 0.1) is 0 Å². The largest absolute Gasteiger partial charge is 0.462 e. The summed E-state index contributed by atoms with van der Waals surface area (Å²) in [6.45, 7) is 4.31. The third kappa shape index (κ3) is 3.60.